The minimum Gasteiger partial charge on any atom is -0.508 e. The number of phenolic OH excluding ortho intramolecular Hbond substituents is 2. The number of phenols is 2. The number of rotatable bonds is 1. The molecule has 0 bridgehead atoms. The third-order valence-electron chi connectivity index (χ3n) is 4.05. The van der Waals surface area contributed by atoms with E-state index in [1.165, 1.54) is 0 Å². The molecule has 0 atom stereocenters. The summed E-state index contributed by atoms with van der Waals surface area (Å²) < 4.78 is 5.82. The molecular formula is C16H16O3. The lowest BCUT2D eigenvalue weighted by Crippen LogP contribution is -2.27. The molecule has 2 N–H and O–H groups in total. The Kier molecular flexibility index (Phi) is 2.45. The SMILES string of the molecule is CCC1(C)c2ccc(O)cc2Oc2cc(O)ccc21. The molecule has 3 rings (SSSR count). The van der Waals surface area contributed by atoms with Gasteiger partial charge in [0, 0.05) is 28.7 Å². The topological polar surface area (TPSA) is 49.7 Å². The molecule has 0 fully saturated rings. The normalized spacial score (nSPS) is 15.3. The minimum atomic E-state index is -0.176. The smallest absolute Gasteiger partial charge is 0.135 e. The number of benzene rings is 2. The summed E-state index contributed by atoms with van der Waals surface area (Å²) in [5.74, 6) is 1.67. The fraction of sp³-hybridized carbons (Fsp3) is 0.250. The number of hydrogen-bond donors (Lipinski definition) is 2. The molecule has 0 saturated carbocycles. The van der Waals surface area contributed by atoms with Crippen LogP contribution in [0.4, 0.5) is 0 Å². The predicted molar refractivity (Wildman–Crippen MR) is 73.0 cm³/mol. The van der Waals surface area contributed by atoms with Crippen LogP contribution < -0.4 is 4.74 Å². The van der Waals surface area contributed by atoms with Gasteiger partial charge in [-0.3, -0.25) is 0 Å². The molecule has 0 saturated heterocycles. The van der Waals surface area contributed by atoms with Crippen LogP contribution in [0, 0.1) is 0 Å². The van der Waals surface area contributed by atoms with E-state index in [2.05, 4.69) is 13.8 Å². The van der Waals surface area contributed by atoms with Crippen molar-refractivity contribution in [2.45, 2.75) is 25.7 Å². The van der Waals surface area contributed by atoms with Crippen molar-refractivity contribution in [2.75, 3.05) is 0 Å². The first kappa shape index (κ1) is 11.9. The molecule has 3 heteroatoms. The van der Waals surface area contributed by atoms with Crippen molar-refractivity contribution in [3.05, 3.63) is 47.5 Å². The van der Waals surface area contributed by atoms with Gasteiger partial charge in [0.15, 0.2) is 0 Å². The first-order valence-corrected chi connectivity index (χ1v) is 6.39. The van der Waals surface area contributed by atoms with Crippen molar-refractivity contribution in [2.24, 2.45) is 0 Å². The van der Waals surface area contributed by atoms with Gasteiger partial charge >= 0.3 is 0 Å². The van der Waals surface area contributed by atoms with E-state index in [1.54, 1.807) is 24.3 Å². The van der Waals surface area contributed by atoms with Crippen molar-refractivity contribution in [1.82, 2.24) is 0 Å². The maximum atomic E-state index is 9.60. The highest BCUT2D eigenvalue weighted by atomic mass is 16.5. The second-order valence-corrected chi connectivity index (χ2v) is 5.15. The zero-order valence-electron chi connectivity index (χ0n) is 11.0. The average Bonchev–Trinajstić information content (AvgIpc) is 2.38. The molecule has 1 aliphatic rings. The Balaban J connectivity index is 2.27. The highest BCUT2D eigenvalue weighted by Gasteiger charge is 2.36. The second kappa shape index (κ2) is 3.92. The van der Waals surface area contributed by atoms with Crippen LogP contribution in [0.2, 0.25) is 0 Å². The molecule has 19 heavy (non-hydrogen) atoms. The molecule has 0 aliphatic carbocycles. The van der Waals surface area contributed by atoms with Crippen molar-refractivity contribution in [1.29, 1.82) is 0 Å². The van der Waals surface area contributed by atoms with E-state index in [0.29, 0.717) is 11.5 Å². The van der Waals surface area contributed by atoms with Crippen LogP contribution in [0.25, 0.3) is 0 Å². The predicted octanol–water partition coefficient (Wildman–Crippen LogP) is 3.92. The van der Waals surface area contributed by atoms with Crippen LogP contribution in [-0.2, 0) is 5.41 Å². The standard InChI is InChI=1S/C16H16O3/c1-3-16(2)12-6-4-10(17)8-14(12)19-15-9-11(18)5-7-13(15)16/h4-9,17-18H,3H2,1-2H3. The summed E-state index contributed by atoms with van der Waals surface area (Å²) in [6, 6.07) is 10.4. The second-order valence-electron chi connectivity index (χ2n) is 5.15. The highest BCUT2D eigenvalue weighted by molar-refractivity contribution is 5.59. The first-order valence-electron chi connectivity index (χ1n) is 6.39. The third-order valence-corrected chi connectivity index (χ3v) is 4.05. The summed E-state index contributed by atoms with van der Waals surface area (Å²) >= 11 is 0. The fourth-order valence-electron chi connectivity index (χ4n) is 2.75. The van der Waals surface area contributed by atoms with E-state index < -0.39 is 0 Å². The Morgan fingerprint density at radius 2 is 1.42 bits per heavy atom. The van der Waals surface area contributed by atoms with Crippen LogP contribution in [0.3, 0.4) is 0 Å². The largest absolute Gasteiger partial charge is 0.508 e. The van der Waals surface area contributed by atoms with E-state index in [1.807, 2.05) is 12.1 Å². The molecular weight excluding hydrogens is 240 g/mol. The van der Waals surface area contributed by atoms with E-state index in [4.69, 9.17) is 4.74 Å². The van der Waals surface area contributed by atoms with E-state index in [0.717, 1.165) is 17.5 Å². The molecule has 2 aromatic carbocycles. The van der Waals surface area contributed by atoms with E-state index in [-0.39, 0.29) is 16.9 Å². The molecule has 0 aromatic heterocycles. The summed E-state index contributed by atoms with van der Waals surface area (Å²) in [6.07, 6.45) is 0.909. The van der Waals surface area contributed by atoms with Gasteiger partial charge in [0.1, 0.15) is 23.0 Å². The Morgan fingerprint density at radius 3 is 1.84 bits per heavy atom. The quantitative estimate of drug-likeness (QED) is 0.813. The summed E-state index contributed by atoms with van der Waals surface area (Å²) in [7, 11) is 0. The Morgan fingerprint density at radius 1 is 0.947 bits per heavy atom. The Labute approximate surface area is 112 Å². The maximum Gasteiger partial charge on any atom is 0.135 e. The number of ether oxygens (including phenoxy) is 1. The maximum absolute atomic E-state index is 9.60. The van der Waals surface area contributed by atoms with Crippen LogP contribution >= 0.6 is 0 Å². The Hall–Kier alpha value is -2.16. The van der Waals surface area contributed by atoms with Gasteiger partial charge < -0.3 is 14.9 Å². The van der Waals surface area contributed by atoms with Gasteiger partial charge in [-0.1, -0.05) is 26.0 Å². The van der Waals surface area contributed by atoms with Crippen molar-refractivity contribution >= 4 is 0 Å². The van der Waals surface area contributed by atoms with Gasteiger partial charge in [-0.05, 0) is 18.6 Å². The van der Waals surface area contributed by atoms with Gasteiger partial charge in [-0.15, -0.1) is 0 Å². The highest BCUT2D eigenvalue weighted by Crippen LogP contribution is 2.51. The monoisotopic (exact) mass is 256 g/mol. The van der Waals surface area contributed by atoms with Crippen LogP contribution in [-0.4, -0.2) is 10.2 Å². The third kappa shape index (κ3) is 1.65. The average molecular weight is 256 g/mol. The molecule has 3 nitrogen and oxygen atoms in total. The number of fused-ring (bicyclic) bond motifs is 2. The van der Waals surface area contributed by atoms with Gasteiger partial charge in [-0.25, -0.2) is 0 Å². The van der Waals surface area contributed by atoms with Crippen LogP contribution in [0.15, 0.2) is 36.4 Å². The van der Waals surface area contributed by atoms with Gasteiger partial charge in [-0.2, -0.15) is 0 Å². The Bertz CT molecular complexity index is 595. The van der Waals surface area contributed by atoms with Gasteiger partial charge in [0.2, 0.25) is 0 Å². The first-order chi connectivity index (χ1) is 9.04. The zero-order valence-corrected chi connectivity index (χ0v) is 11.0. The summed E-state index contributed by atoms with van der Waals surface area (Å²) in [5, 5.41) is 19.2. The molecule has 0 unspecified atom stereocenters. The molecule has 0 amide bonds. The lowest BCUT2D eigenvalue weighted by Gasteiger charge is -2.36. The van der Waals surface area contributed by atoms with Gasteiger partial charge in [0.05, 0.1) is 0 Å². The molecule has 98 valence electrons. The van der Waals surface area contributed by atoms with E-state index in [9.17, 15) is 10.2 Å². The van der Waals surface area contributed by atoms with Crippen molar-refractivity contribution in [3.63, 3.8) is 0 Å². The zero-order chi connectivity index (χ0) is 13.6. The molecule has 1 heterocycles. The molecule has 1 aliphatic heterocycles. The molecule has 0 radical (unpaired) electrons. The summed E-state index contributed by atoms with van der Waals surface area (Å²) in [6.45, 7) is 4.28. The summed E-state index contributed by atoms with van der Waals surface area (Å²) in [4.78, 5) is 0. The van der Waals surface area contributed by atoms with E-state index >= 15 is 0 Å². The van der Waals surface area contributed by atoms with Crippen molar-refractivity contribution in [3.8, 4) is 23.0 Å². The lowest BCUT2D eigenvalue weighted by atomic mass is 9.72. The summed E-state index contributed by atoms with van der Waals surface area (Å²) in [5.41, 5.74) is 1.95. The fourth-order valence-corrected chi connectivity index (χ4v) is 2.75. The van der Waals surface area contributed by atoms with Crippen LogP contribution in [0.1, 0.15) is 31.4 Å². The molecule has 2 aromatic rings. The number of aromatic hydroxyl groups is 2. The number of hydrogen-bond acceptors (Lipinski definition) is 3. The van der Waals surface area contributed by atoms with Gasteiger partial charge in [0.25, 0.3) is 0 Å². The van der Waals surface area contributed by atoms with Crippen molar-refractivity contribution < 1.29 is 14.9 Å². The van der Waals surface area contributed by atoms with Crippen LogP contribution in [0.5, 0.6) is 23.0 Å². The molecule has 0 spiro atoms. The lowest BCUT2D eigenvalue weighted by molar-refractivity contribution is 0.388. The minimum absolute atomic E-state index is 0.176.